The first-order valence-electron chi connectivity index (χ1n) is 10.6. The van der Waals surface area contributed by atoms with E-state index < -0.39 is 0 Å². The zero-order valence-electron chi connectivity index (χ0n) is 18.6. The summed E-state index contributed by atoms with van der Waals surface area (Å²) in [6.45, 7) is 11.3. The molecule has 1 aliphatic rings. The smallest absolute Gasteiger partial charge is 0.264 e. The summed E-state index contributed by atoms with van der Waals surface area (Å²) < 4.78 is 17.1. The Morgan fingerprint density at radius 1 is 1.03 bits per heavy atom. The van der Waals surface area contributed by atoms with Crippen molar-refractivity contribution >= 4 is 34.6 Å². The number of allylic oxidation sites excluding steroid dienone is 1. The summed E-state index contributed by atoms with van der Waals surface area (Å²) in [5.74, 6) is 1.98. The second kappa shape index (κ2) is 11.4. The molecule has 0 radical (unpaired) electrons. The van der Waals surface area contributed by atoms with Gasteiger partial charge in [-0.1, -0.05) is 6.08 Å². The Labute approximate surface area is 193 Å². The van der Waals surface area contributed by atoms with Crippen molar-refractivity contribution in [3.8, 4) is 17.2 Å². The van der Waals surface area contributed by atoms with Crippen molar-refractivity contribution in [2.45, 2.75) is 27.2 Å². The molecule has 2 aromatic carbocycles. The SMILES string of the molecule is C=CCc1cc(/C=C2/SC(=Nc3ccc(OCC)cc3)NC2=O)cc(OCC)c1OCC. The largest absolute Gasteiger partial charge is 0.494 e. The highest BCUT2D eigenvalue weighted by molar-refractivity contribution is 8.18. The average Bonchev–Trinajstić information content (AvgIpc) is 3.11. The lowest BCUT2D eigenvalue weighted by Gasteiger charge is -2.16. The molecular formula is C25H28N2O4S. The van der Waals surface area contributed by atoms with Crippen LogP contribution in [0.2, 0.25) is 0 Å². The summed E-state index contributed by atoms with van der Waals surface area (Å²) in [6, 6.07) is 11.3. The van der Waals surface area contributed by atoms with Crippen LogP contribution >= 0.6 is 11.8 Å². The van der Waals surface area contributed by atoms with Crippen LogP contribution in [0.15, 0.2) is 59.0 Å². The number of hydrogen-bond acceptors (Lipinski definition) is 6. The van der Waals surface area contributed by atoms with Crippen LogP contribution in [0.1, 0.15) is 31.9 Å². The number of benzene rings is 2. The first kappa shape index (κ1) is 23.5. The van der Waals surface area contributed by atoms with Gasteiger partial charge in [0.05, 0.1) is 30.4 Å². The molecule has 1 heterocycles. The monoisotopic (exact) mass is 452 g/mol. The Kier molecular flexibility index (Phi) is 8.39. The minimum absolute atomic E-state index is 0.184. The number of carbonyl (C=O) groups excluding carboxylic acids is 1. The van der Waals surface area contributed by atoms with Crippen LogP contribution in [-0.4, -0.2) is 30.9 Å². The summed E-state index contributed by atoms with van der Waals surface area (Å²) in [5.41, 5.74) is 2.56. The molecule has 0 aliphatic carbocycles. The van der Waals surface area contributed by atoms with E-state index in [1.54, 1.807) is 0 Å². The highest BCUT2D eigenvalue weighted by Crippen LogP contribution is 2.36. The second-order valence-electron chi connectivity index (χ2n) is 6.77. The van der Waals surface area contributed by atoms with Gasteiger partial charge in [-0.15, -0.1) is 6.58 Å². The molecule has 0 unspecified atom stereocenters. The molecule has 1 amide bonds. The molecule has 32 heavy (non-hydrogen) atoms. The fraction of sp³-hybridized carbons (Fsp3) is 0.280. The second-order valence-corrected chi connectivity index (χ2v) is 7.81. The van der Waals surface area contributed by atoms with Gasteiger partial charge in [-0.05, 0) is 87.0 Å². The first-order valence-corrected chi connectivity index (χ1v) is 11.4. The molecule has 3 rings (SSSR count). The van der Waals surface area contributed by atoms with Gasteiger partial charge in [-0.25, -0.2) is 4.99 Å². The fourth-order valence-corrected chi connectivity index (χ4v) is 4.02. The van der Waals surface area contributed by atoms with Gasteiger partial charge >= 0.3 is 0 Å². The number of thioether (sulfide) groups is 1. The lowest BCUT2D eigenvalue weighted by atomic mass is 10.0. The molecule has 1 aliphatic heterocycles. The Morgan fingerprint density at radius 2 is 1.75 bits per heavy atom. The maximum absolute atomic E-state index is 12.5. The lowest BCUT2D eigenvalue weighted by molar-refractivity contribution is -0.115. The van der Waals surface area contributed by atoms with Crippen molar-refractivity contribution in [2.24, 2.45) is 4.99 Å². The number of hydrogen-bond donors (Lipinski definition) is 1. The van der Waals surface area contributed by atoms with Crippen molar-refractivity contribution < 1.29 is 19.0 Å². The molecule has 6 nitrogen and oxygen atoms in total. The topological polar surface area (TPSA) is 69.2 Å². The van der Waals surface area contributed by atoms with Gasteiger partial charge in [0.1, 0.15) is 5.75 Å². The minimum Gasteiger partial charge on any atom is -0.494 e. The Balaban J connectivity index is 1.87. The van der Waals surface area contributed by atoms with Crippen LogP contribution in [0.25, 0.3) is 6.08 Å². The normalized spacial score (nSPS) is 15.7. The van der Waals surface area contributed by atoms with Crippen LogP contribution in [0.5, 0.6) is 17.2 Å². The lowest BCUT2D eigenvalue weighted by Crippen LogP contribution is -2.19. The molecule has 0 bridgehead atoms. The fourth-order valence-electron chi connectivity index (χ4n) is 3.18. The van der Waals surface area contributed by atoms with E-state index in [4.69, 9.17) is 14.2 Å². The van der Waals surface area contributed by atoms with Crippen molar-refractivity contribution in [2.75, 3.05) is 19.8 Å². The molecular weight excluding hydrogens is 424 g/mol. The highest BCUT2D eigenvalue weighted by atomic mass is 32.2. The van der Waals surface area contributed by atoms with E-state index in [1.807, 2.05) is 69.3 Å². The summed E-state index contributed by atoms with van der Waals surface area (Å²) in [6.07, 6.45) is 4.30. The van der Waals surface area contributed by atoms with Crippen LogP contribution in [0, 0.1) is 0 Å². The number of carbonyl (C=O) groups is 1. The molecule has 0 spiro atoms. The third-order valence-electron chi connectivity index (χ3n) is 4.43. The number of aliphatic imine (C=N–C) groups is 1. The van der Waals surface area contributed by atoms with Crippen molar-refractivity contribution in [3.63, 3.8) is 0 Å². The molecule has 7 heteroatoms. The molecule has 2 aromatic rings. The van der Waals surface area contributed by atoms with E-state index in [0.717, 1.165) is 28.3 Å². The van der Waals surface area contributed by atoms with E-state index in [0.29, 0.717) is 42.1 Å². The van der Waals surface area contributed by atoms with Gasteiger partial charge in [0.15, 0.2) is 16.7 Å². The van der Waals surface area contributed by atoms with E-state index in [2.05, 4.69) is 16.9 Å². The standard InChI is InChI=1S/C25H28N2O4S/c1-5-9-18-14-17(15-21(30-7-3)23(18)31-8-4)16-22-24(28)27-25(32-22)26-19-10-12-20(13-11-19)29-6-2/h5,10-16H,1,6-9H2,2-4H3,(H,26,27,28)/b22-16+. The Bertz CT molecular complexity index is 1030. The Morgan fingerprint density at radius 3 is 2.41 bits per heavy atom. The molecule has 0 atom stereocenters. The van der Waals surface area contributed by atoms with Crippen LogP contribution in [0.4, 0.5) is 5.69 Å². The number of nitrogens with zero attached hydrogens (tertiary/aromatic N) is 1. The number of ether oxygens (including phenoxy) is 3. The van der Waals surface area contributed by atoms with Gasteiger partial charge in [0.25, 0.3) is 5.91 Å². The van der Waals surface area contributed by atoms with Crippen molar-refractivity contribution in [1.82, 2.24) is 5.32 Å². The summed E-state index contributed by atoms with van der Waals surface area (Å²) >= 11 is 1.30. The third kappa shape index (κ3) is 5.95. The van der Waals surface area contributed by atoms with E-state index in [1.165, 1.54) is 11.8 Å². The average molecular weight is 453 g/mol. The zero-order valence-corrected chi connectivity index (χ0v) is 19.5. The van der Waals surface area contributed by atoms with Gasteiger partial charge in [-0.2, -0.15) is 0 Å². The minimum atomic E-state index is -0.184. The summed E-state index contributed by atoms with van der Waals surface area (Å²) in [5, 5.41) is 3.36. The molecule has 1 fully saturated rings. The third-order valence-corrected chi connectivity index (χ3v) is 5.34. The van der Waals surface area contributed by atoms with Gasteiger partial charge in [-0.3, -0.25) is 4.79 Å². The van der Waals surface area contributed by atoms with Gasteiger partial charge in [0.2, 0.25) is 0 Å². The molecule has 168 valence electrons. The van der Waals surface area contributed by atoms with E-state index in [-0.39, 0.29) is 5.91 Å². The maximum atomic E-state index is 12.5. The maximum Gasteiger partial charge on any atom is 0.264 e. The van der Waals surface area contributed by atoms with Crippen molar-refractivity contribution in [1.29, 1.82) is 0 Å². The van der Waals surface area contributed by atoms with Crippen molar-refractivity contribution in [3.05, 3.63) is 65.1 Å². The summed E-state index contributed by atoms with van der Waals surface area (Å²) in [4.78, 5) is 17.6. The summed E-state index contributed by atoms with van der Waals surface area (Å²) in [7, 11) is 0. The van der Waals surface area contributed by atoms with Crippen LogP contribution in [-0.2, 0) is 11.2 Å². The molecule has 0 saturated carbocycles. The Hall–Kier alpha value is -3.19. The highest BCUT2D eigenvalue weighted by Gasteiger charge is 2.24. The predicted octanol–water partition coefficient (Wildman–Crippen LogP) is 5.50. The molecule has 1 N–H and O–H groups in total. The van der Waals surface area contributed by atoms with Gasteiger partial charge < -0.3 is 19.5 Å². The van der Waals surface area contributed by atoms with E-state index >= 15 is 0 Å². The zero-order chi connectivity index (χ0) is 22.9. The number of nitrogens with one attached hydrogen (secondary N) is 1. The number of rotatable bonds is 10. The number of amidine groups is 1. The van der Waals surface area contributed by atoms with Crippen LogP contribution < -0.4 is 19.5 Å². The predicted molar refractivity (Wildman–Crippen MR) is 131 cm³/mol. The quantitative estimate of drug-likeness (QED) is 0.381. The van der Waals surface area contributed by atoms with Gasteiger partial charge in [0, 0.05) is 5.56 Å². The van der Waals surface area contributed by atoms with E-state index in [9.17, 15) is 4.79 Å². The number of amides is 1. The first-order chi connectivity index (χ1) is 15.6. The molecule has 0 aromatic heterocycles. The van der Waals surface area contributed by atoms with Crippen LogP contribution in [0.3, 0.4) is 0 Å². The molecule has 1 saturated heterocycles.